The first-order valence-electron chi connectivity index (χ1n) is 8.00. The van der Waals surface area contributed by atoms with Gasteiger partial charge in [-0.25, -0.2) is 0 Å². The molecule has 2 heterocycles. The van der Waals surface area contributed by atoms with E-state index in [1.807, 2.05) is 52.2 Å². The van der Waals surface area contributed by atoms with E-state index in [1.54, 1.807) is 6.26 Å². The minimum Gasteiger partial charge on any atom is -0.468 e. The lowest BCUT2D eigenvalue weighted by molar-refractivity contribution is -0.0577. The second-order valence-corrected chi connectivity index (χ2v) is 6.94. The van der Waals surface area contributed by atoms with Gasteiger partial charge in [-0.1, -0.05) is 0 Å². The molecule has 2 rings (SSSR count). The van der Waals surface area contributed by atoms with Crippen molar-refractivity contribution in [2.45, 2.75) is 45.6 Å². The summed E-state index contributed by atoms with van der Waals surface area (Å²) in [5.74, 6) is 0.892. The van der Waals surface area contributed by atoms with Crippen molar-refractivity contribution in [3.05, 3.63) is 48.2 Å². The summed E-state index contributed by atoms with van der Waals surface area (Å²) in [5.41, 5.74) is 0.950. The predicted octanol–water partition coefficient (Wildman–Crippen LogP) is 2.80. The molecule has 0 aliphatic carbocycles. The van der Waals surface area contributed by atoms with Gasteiger partial charge in [0.1, 0.15) is 5.76 Å². The van der Waals surface area contributed by atoms with Crippen molar-refractivity contribution in [1.29, 1.82) is 0 Å². The first kappa shape index (κ1) is 17.8. The number of aromatic nitrogens is 1. The molecule has 23 heavy (non-hydrogen) atoms. The monoisotopic (exact) mass is 320 g/mol. The molecule has 1 atom stereocenters. The van der Waals surface area contributed by atoms with Gasteiger partial charge in [0, 0.05) is 32.0 Å². The Morgan fingerprint density at radius 1 is 1.26 bits per heavy atom. The molecule has 0 bridgehead atoms. The Morgan fingerprint density at radius 3 is 2.61 bits per heavy atom. The van der Waals surface area contributed by atoms with Crippen LogP contribution in [0.2, 0.25) is 0 Å². The van der Waals surface area contributed by atoms with Crippen molar-refractivity contribution < 1.29 is 14.3 Å². The second kappa shape index (κ2) is 7.81. The van der Waals surface area contributed by atoms with Crippen LogP contribution >= 0.6 is 0 Å². The first-order valence-corrected chi connectivity index (χ1v) is 8.00. The number of hydrogen-bond donors (Lipinski definition) is 1. The molecule has 0 radical (unpaired) electrons. The van der Waals surface area contributed by atoms with Crippen LogP contribution in [0, 0.1) is 0 Å². The first-order chi connectivity index (χ1) is 10.8. The maximum Gasteiger partial charge on any atom is 0.117 e. The lowest BCUT2D eigenvalue weighted by Crippen LogP contribution is -2.36. The van der Waals surface area contributed by atoms with E-state index in [0.717, 1.165) is 12.3 Å². The summed E-state index contributed by atoms with van der Waals surface area (Å²) in [6.45, 7) is 8.23. The van der Waals surface area contributed by atoms with Gasteiger partial charge in [0.25, 0.3) is 0 Å². The number of aryl methyl sites for hydroxylation is 1. The number of furan rings is 1. The van der Waals surface area contributed by atoms with E-state index in [2.05, 4.69) is 15.5 Å². The predicted molar refractivity (Wildman–Crippen MR) is 89.9 cm³/mol. The summed E-state index contributed by atoms with van der Waals surface area (Å²) in [5, 5.41) is 10.3. The van der Waals surface area contributed by atoms with Crippen LogP contribution in [-0.2, 0) is 24.9 Å². The second-order valence-electron chi connectivity index (χ2n) is 6.94. The summed E-state index contributed by atoms with van der Waals surface area (Å²) in [6.07, 6.45) is 3.17. The zero-order valence-corrected chi connectivity index (χ0v) is 14.5. The molecule has 0 aliphatic rings. The molecule has 2 aromatic rings. The highest BCUT2D eigenvalue weighted by Crippen LogP contribution is 2.13. The van der Waals surface area contributed by atoms with Crippen LogP contribution in [0.5, 0.6) is 0 Å². The zero-order chi connectivity index (χ0) is 16.9. The van der Waals surface area contributed by atoms with E-state index >= 15 is 0 Å². The maximum absolute atomic E-state index is 10.3. The maximum atomic E-state index is 10.3. The van der Waals surface area contributed by atoms with Gasteiger partial charge in [-0.2, -0.15) is 0 Å². The average Bonchev–Trinajstić information content (AvgIpc) is 3.09. The fourth-order valence-electron chi connectivity index (χ4n) is 2.39. The summed E-state index contributed by atoms with van der Waals surface area (Å²) in [6, 6.07) is 7.96. The Morgan fingerprint density at radius 2 is 2.04 bits per heavy atom. The molecule has 0 aromatic carbocycles. The van der Waals surface area contributed by atoms with Gasteiger partial charge in [-0.05, 0) is 45.0 Å². The average molecular weight is 320 g/mol. The molecule has 0 amide bonds. The molecular formula is C18H28N2O3. The van der Waals surface area contributed by atoms with Crippen LogP contribution in [-0.4, -0.2) is 39.4 Å². The van der Waals surface area contributed by atoms with Gasteiger partial charge in [0.05, 0.1) is 31.1 Å². The van der Waals surface area contributed by atoms with Gasteiger partial charge in [-0.3, -0.25) is 4.90 Å². The Balaban J connectivity index is 1.96. The number of aliphatic hydroxyl groups is 1. The highest BCUT2D eigenvalue weighted by molar-refractivity contribution is 5.07. The van der Waals surface area contributed by atoms with Gasteiger partial charge in [-0.15, -0.1) is 0 Å². The molecule has 2 aromatic heterocycles. The topological polar surface area (TPSA) is 50.8 Å². The van der Waals surface area contributed by atoms with Crippen LogP contribution in [0.15, 0.2) is 41.1 Å². The van der Waals surface area contributed by atoms with Crippen LogP contribution in [0.25, 0.3) is 0 Å². The summed E-state index contributed by atoms with van der Waals surface area (Å²) in [4.78, 5) is 2.17. The Hall–Kier alpha value is -1.56. The van der Waals surface area contributed by atoms with E-state index < -0.39 is 6.10 Å². The fraction of sp³-hybridized carbons (Fsp3) is 0.556. The smallest absolute Gasteiger partial charge is 0.117 e. The normalized spacial score (nSPS) is 13.7. The molecule has 5 nitrogen and oxygen atoms in total. The molecule has 0 aliphatic heterocycles. The quantitative estimate of drug-likeness (QED) is 0.812. The highest BCUT2D eigenvalue weighted by atomic mass is 16.5. The van der Waals surface area contributed by atoms with E-state index in [-0.39, 0.29) is 5.60 Å². The molecule has 0 saturated carbocycles. The summed E-state index contributed by atoms with van der Waals surface area (Å²) in [7, 11) is 2.03. The Bertz CT molecular complexity index is 569. The Kier molecular flexibility index (Phi) is 6.04. The largest absolute Gasteiger partial charge is 0.468 e. The molecular weight excluding hydrogens is 292 g/mol. The van der Waals surface area contributed by atoms with Crippen LogP contribution < -0.4 is 0 Å². The van der Waals surface area contributed by atoms with E-state index in [9.17, 15) is 5.11 Å². The van der Waals surface area contributed by atoms with Crippen molar-refractivity contribution in [2.24, 2.45) is 7.05 Å². The number of ether oxygens (including phenoxy) is 1. The molecule has 0 saturated heterocycles. The van der Waals surface area contributed by atoms with Crippen molar-refractivity contribution in [3.63, 3.8) is 0 Å². The fourth-order valence-corrected chi connectivity index (χ4v) is 2.39. The number of aliphatic hydroxyl groups excluding tert-OH is 1. The molecule has 1 N–H and O–H groups in total. The standard InChI is InChI=1S/C18H28N2O3/c1-18(2,3)23-14-16(21)12-20(13-17-8-6-10-22-17)11-15-7-5-9-19(15)4/h5-10,16,21H,11-14H2,1-4H3/t16-/m0/s1. The number of rotatable bonds is 8. The van der Waals surface area contributed by atoms with Crippen LogP contribution in [0.4, 0.5) is 0 Å². The van der Waals surface area contributed by atoms with Gasteiger partial charge >= 0.3 is 0 Å². The van der Waals surface area contributed by atoms with Gasteiger partial charge < -0.3 is 18.8 Å². The van der Waals surface area contributed by atoms with E-state index in [1.165, 1.54) is 5.69 Å². The molecule has 5 heteroatoms. The SMILES string of the molecule is Cn1cccc1CN(Cc1ccco1)C[C@H](O)COC(C)(C)C. The van der Waals surface area contributed by atoms with Gasteiger partial charge in [0.2, 0.25) is 0 Å². The third-order valence-electron chi connectivity index (χ3n) is 3.57. The van der Waals surface area contributed by atoms with Gasteiger partial charge in [0.15, 0.2) is 0 Å². The van der Waals surface area contributed by atoms with Crippen molar-refractivity contribution in [2.75, 3.05) is 13.2 Å². The molecule has 0 fully saturated rings. The number of hydrogen-bond acceptors (Lipinski definition) is 4. The minimum atomic E-state index is -0.538. The van der Waals surface area contributed by atoms with E-state index in [4.69, 9.17) is 9.15 Å². The zero-order valence-electron chi connectivity index (χ0n) is 14.5. The molecule has 0 spiro atoms. The lowest BCUT2D eigenvalue weighted by Gasteiger charge is -2.27. The lowest BCUT2D eigenvalue weighted by atomic mass is 10.2. The van der Waals surface area contributed by atoms with Crippen molar-refractivity contribution in [1.82, 2.24) is 9.47 Å². The third kappa shape index (κ3) is 6.22. The highest BCUT2D eigenvalue weighted by Gasteiger charge is 2.18. The van der Waals surface area contributed by atoms with Crippen LogP contribution in [0.3, 0.4) is 0 Å². The van der Waals surface area contributed by atoms with Crippen LogP contribution in [0.1, 0.15) is 32.2 Å². The third-order valence-corrected chi connectivity index (χ3v) is 3.57. The van der Waals surface area contributed by atoms with E-state index in [0.29, 0.717) is 19.7 Å². The summed E-state index contributed by atoms with van der Waals surface area (Å²) < 4.78 is 13.2. The summed E-state index contributed by atoms with van der Waals surface area (Å²) >= 11 is 0. The molecule has 128 valence electrons. The number of nitrogens with zero attached hydrogens (tertiary/aromatic N) is 2. The molecule has 0 unspecified atom stereocenters. The van der Waals surface area contributed by atoms with Crippen molar-refractivity contribution in [3.8, 4) is 0 Å². The van der Waals surface area contributed by atoms with Crippen molar-refractivity contribution >= 4 is 0 Å². The minimum absolute atomic E-state index is 0.245. The Labute approximate surface area is 138 Å².